The van der Waals surface area contributed by atoms with Crippen molar-refractivity contribution in [2.75, 3.05) is 7.11 Å². The Kier molecular flexibility index (Phi) is 5.77. The lowest BCUT2D eigenvalue weighted by Crippen LogP contribution is -1.99. The highest BCUT2D eigenvalue weighted by molar-refractivity contribution is 5.90. The van der Waals surface area contributed by atoms with E-state index in [4.69, 9.17) is 14.9 Å². The molecule has 0 aliphatic carbocycles. The van der Waals surface area contributed by atoms with E-state index in [2.05, 4.69) is 0 Å². The molecule has 104 valence electrons. The molecule has 0 saturated heterocycles. The summed E-state index contributed by atoms with van der Waals surface area (Å²) in [5, 5.41) is 17.0. The SMILES string of the molecule is COc1ccccc1C(=O)O.O=C(O)c1ccccc1. The minimum absolute atomic E-state index is 0.190. The van der Waals surface area contributed by atoms with Gasteiger partial charge < -0.3 is 14.9 Å². The molecule has 5 nitrogen and oxygen atoms in total. The lowest BCUT2D eigenvalue weighted by Gasteiger charge is -2.01. The van der Waals surface area contributed by atoms with E-state index in [1.165, 1.54) is 13.2 Å². The van der Waals surface area contributed by atoms with Crippen LogP contribution in [0.4, 0.5) is 0 Å². The maximum atomic E-state index is 10.5. The van der Waals surface area contributed by atoms with E-state index in [-0.39, 0.29) is 5.56 Å². The Morgan fingerprint density at radius 3 is 1.80 bits per heavy atom. The first-order valence-electron chi connectivity index (χ1n) is 5.71. The number of carboxylic acids is 2. The van der Waals surface area contributed by atoms with Crippen molar-refractivity contribution >= 4 is 11.9 Å². The minimum Gasteiger partial charge on any atom is -0.496 e. The maximum absolute atomic E-state index is 10.5. The second-order valence-corrected chi connectivity index (χ2v) is 3.68. The number of para-hydroxylation sites is 1. The van der Waals surface area contributed by atoms with Crippen LogP contribution in [0.15, 0.2) is 54.6 Å². The average molecular weight is 274 g/mol. The summed E-state index contributed by atoms with van der Waals surface area (Å²) in [5.74, 6) is -1.46. The smallest absolute Gasteiger partial charge is 0.339 e. The third kappa shape index (κ3) is 4.45. The Hall–Kier alpha value is -2.82. The number of carboxylic acid groups (broad SMARTS) is 2. The van der Waals surface area contributed by atoms with Gasteiger partial charge in [-0.15, -0.1) is 0 Å². The van der Waals surface area contributed by atoms with Gasteiger partial charge in [-0.25, -0.2) is 9.59 Å². The molecule has 2 aromatic carbocycles. The Balaban J connectivity index is 0.000000204. The monoisotopic (exact) mass is 274 g/mol. The number of carbonyl (C=O) groups is 2. The first-order valence-corrected chi connectivity index (χ1v) is 5.71. The third-order valence-corrected chi connectivity index (χ3v) is 2.36. The third-order valence-electron chi connectivity index (χ3n) is 2.36. The van der Waals surface area contributed by atoms with Crippen LogP contribution in [0.25, 0.3) is 0 Å². The van der Waals surface area contributed by atoms with E-state index in [1.54, 1.807) is 48.5 Å². The zero-order valence-electron chi connectivity index (χ0n) is 10.8. The van der Waals surface area contributed by atoms with Crippen molar-refractivity contribution < 1.29 is 24.5 Å². The molecule has 0 amide bonds. The molecule has 0 fully saturated rings. The molecule has 0 heterocycles. The number of hydrogen-bond acceptors (Lipinski definition) is 3. The van der Waals surface area contributed by atoms with Crippen LogP contribution in [0.1, 0.15) is 20.7 Å². The molecule has 20 heavy (non-hydrogen) atoms. The van der Waals surface area contributed by atoms with E-state index < -0.39 is 11.9 Å². The summed E-state index contributed by atoms with van der Waals surface area (Å²) in [6.07, 6.45) is 0. The van der Waals surface area contributed by atoms with Crippen molar-refractivity contribution in [1.82, 2.24) is 0 Å². The van der Waals surface area contributed by atoms with Gasteiger partial charge in [-0.05, 0) is 24.3 Å². The average Bonchev–Trinajstić information content (AvgIpc) is 2.48. The largest absolute Gasteiger partial charge is 0.496 e. The van der Waals surface area contributed by atoms with Crippen LogP contribution in [0.2, 0.25) is 0 Å². The predicted molar refractivity (Wildman–Crippen MR) is 73.4 cm³/mol. The van der Waals surface area contributed by atoms with Crippen molar-refractivity contribution in [1.29, 1.82) is 0 Å². The van der Waals surface area contributed by atoms with Gasteiger partial charge in [-0.2, -0.15) is 0 Å². The molecular formula is C15H14O5. The number of rotatable bonds is 3. The highest BCUT2D eigenvalue weighted by Gasteiger charge is 2.07. The van der Waals surface area contributed by atoms with Crippen molar-refractivity contribution in [3.8, 4) is 5.75 Å². The van der Waals surface area contributed by atoms with Gasteiger partial charge in [0, 0.05) is 0 Å². The second kappa shape index (κ2) is 7.58. The highest BCUT2D eigenvalue weighted by atomic mass is 16.5. The quantitative estimate of drug-likeness (QED) is 0.899. The topological polar surface area (TPSA) is 83.8 Å². The normalized spacial score (nSPS) is 9.05. The maximum Gasteiger partial charge on any atom is 0.339 e. The lowest BCUT2D eigenvalue weighted by atomic mass is 10.2. The van der Waals surface area contributed by atoms with Crippen LogP contribution in [-0.2, 0) is 0 Å². The summed E-state index contributed by atoms with van der Waals surface area (Å²) in [6, 6.07) is 14.8. The molecule has 0 unspecified atom stereocenters. The van der Waals surface area contributed by atoms with Crippen molar-refractivity contribution in [3.05, 3.63) is 65.7 Å². The van der Waals surface area contributed by atoms with Gasteiger partial charge in [0.05, 0.1) is 12.7 Å². The summed E-state index contributed by atoms with van der Waals surface area (Å²) in [6.45, 7) is 0. The van der Waals surface area contributed by atoms with Crippen LogP contribution in [-0.4, -0.2) is 29.3 Å². The van der Waals surface area contributed by atoms with Crippen molar-refractivity contribution in [2.24, 2.45) is 0 Å². The predicted octanol–water partition coefficient (Wildman–Crippen LogP) is 2.78. The van der Waals surface area contributed by atoms with E-state index in [1.807, 2.05) is 0 Å². The first kappa shape index (κ1) is 15.2. The molecule has 0 saturated carbocycles. The molecule has 0 bridgehead atoms. The van der Waals surface area contributed by atoms with E-state index >= 15 is 0 Å². The molecule has 2 aromatic rings. The van der Waals surface area contributed by atoms with Crippen molar-refractivity contribution in [3.63, 3.8) is 0 Å². The lowest BCUT2D eigenvalue weighted by molar-refractivity contribution is 0.0684. The van der Waals surface area contributed by atoms with Gasteiger partial charge >= 0.3 is 11.9 Å². The summed E-state index contributed by atoms with van der Waals surface area (Å²) in [4.78, 5) is 20.7. The van der Waals surface area contributed by atoms with Gasteiger partial charge in [0.1, 0.15) is 11.3 Å². The van der Waals surface area contributed by atoms with Gasteiger partial charge in [-0.1, -0.05) is 30.3 Å². The zero-order valence-corrected chi connectivity index (χ0v) is 10.8. The number of aromatic carboxylic acids is 2. The summed E-state index contributed by atoms with van der Waals surface area (Å²) in [5.41, 5.74) is 0.521. The van der Waals surface area contributed by atoms with Crippen LogP contribution in [0.3, 0.4) is 0 Å². The fourth-order valence-corrected chi connectivity index (χ4v) is 1.40. The zero-order chi connectivity index (χ0) is 15.0. The standard InChI is InChI=1S/C8H8O3.C7H6O2/c1-11-7-5-3-2-4-6(7)8(9)10;8-7(9)6-4-2-1-3-5-6/h2-5H,1H3,(H,9,10);1-5H,(H,8,9). The molecule has 0 aliphatic rings. The molecule has 0 aromatic heterocycles. The van der Waals surface area contributed by atoms with Crippen molar-refractivity contribution in [2.45, 2.75) is 0 Å². The molecule has 2 rings (SSSR count). The van der Waals surface area contributed by atoms with E-state index in [0.29, 0.717) is 11.3 Å². The fourth-order valence-electron chi connectivity index (χ4n) is 1.40. The number of benzene rings is 2. The number of ether oxygens (including phenoxy) is 1. The van der Waals surface area contributed by atoms with Gasteiger partial charge in [0.25, 0.3) is 0 Å². The summed E-state index contributed by atoms with van der Waals surface area (Å²) in [7, 11) is 1.45. The molecule has 5 heteroatoms. The molecule has 0 radical (unpaired) electrons. The summed E-state index contributed by atoms with van der Waals surface area (Å²) < 4.78 is 4.83. The van der Waals surface area contributed by atoms with E-state index in [9.17, 15) is 9.59 Å². The number of hydrogen-bond donors (Lipinski definition) is 2. The van der Waals surface area contributed by atoms with Crippen LogP contribution < -0.4 is 4.74 Å². The Morgan fingerprint density at radius 2 is 1.40 bits per heavy atom. The van der Waals surface area contributed by atoms with Gasteiger partial charge in [-0.3, -0.25) is 0 Å². The van der Waals surface area contributed by atoms with E-state index in [0.717, 1.165) is 0 Å². The second-order valence-electron chi connectivity index (χ2n) is 3.68. The molecule has 0 spiro atoms. The molecule has 2 N–H and O–H groups in total. The Labute approximate surface area is 116 Å². The van der Waals surface area contributed by atoms with Crippen LogP contribution in [0, 0.1) is 0 Å². The molecule has 0 atom stereocenters. The Morgan fingerprint density at radius 1 is 0.850 bits per heavy atom. The van der Waals surface area contributed by atoms with Gasteiger partial charge in [0.2, 0.25) is 0 Å². The van der Waals surface area contributed by atoms with Crippen LogP contribution in [0.5, 0.6) is 5.75 Å². The van der Waals surface area contributed by atoms with Crippen LogP contribution >= 0.6 is 0 Å². The molecule has 0 aliphatic heterocycles. The fraction of sp³-hybridized carbons (Fsp3) is 0.0667. The van der Waals surface area contributed by atoms with Gasteiger partial charge in [0.15, 0.2) is 0 Å². The first-order chi connectivity index (χ1) is 9.56. The minimum atomic E-state index is -0.970. The molecular weight excluding hydrogens is 260 g/mol. The number of methoxy groups -OCH3 is 1. The summed E-state index contributed by atoms with van der Waals surface area (Å²) >= 11 is 0. The Bertz CT molecular complexity index is 578. The highest BCUT2D eigenvalue weighted by Crippen LogP contribution is 2.16.